The van der Waals surface area contributed by atoms with Gasteiger partial charge in [-0.15, -0.1) is 0 Å². The molecule has 4 rings (SSSR count). The molecular weight excluding hydrogens is 442 g/mol. The Morgan fingerprint density at radius 1 is 1.09 bits per heavy atom. The lowest BCUT2D eigenvalue weighted by molar-refractivity contribution is -0.132. The summed E-state index contributed by atoms with van der Waals surface area (Å²) in [6, 6.07) is 14.6. The van der Waals surface area contributed by atoms with Crippen LogP contribution in [0.15, 0.2) is 59.2 Å². The van der Waals surface area contributed by atoms with Gasteiger partial charge in [0, 0.05) is 19.2 Å². The standard InChI is InChI=1S/C24H25N3O5S/c1-30-19-8-6-17(7-9-19)14-21-23(29)27(18-4-3-5-20(15-18)31-2)24(25-21)33-16-22(28)26-10-12-32-13-11-26/h3-9,14-15H,10-13,16H2,1-2H3. The lowest BCUT2D eigenvalue weighted by Gasteiger charge is -2.27. The molecule has 33 heavy (non-hydrogen) atoms. The lowest BCUT2D eigenvalue weighted by Crippen LogP contribution is -2.42. The van der Waals surface area contributed by atoms with Gasteiger partial charge < -0.3 is 19.1 Å². The maximum absolute atomic E-state index is 13.3. The third-order valence-corrected chi connectivity index (χ3v) is 6.17. The maximum Gasteiger partial charge on any atom is 0.283 e. The van der Waals surface area contributed by atoms with Gasteiger partial charge in [0.1, 0.15) is 17.2 Å². The molecule has 0 aromatic heterocycles. The summed E-state index contributed by atoms with van der Waals surface area (Å²) in [6.45, 7) is 2.24. The molecule has 0 unspecified atom stereocenters. The zero-order valence-corrected chi connectivity index (χ0v) is 19.3. The van der Waals surface area contributed by atoms with Crippen molar-refractivity contribution < 1.29 is 23.8 Å². The van der Waals surface area contributed by atoms with Gasteiger partial charge in [0.05, 0.1) is 38.9 Å². The van der Waals surface area contributed by atoms with Gasteiger partial charge in [-0.3, -0.25) is 14.5 Å². The second-order valence-corrected chi connectivity index (χ2v) is 8.26. The van der Waals surface area contributed by atoms with Gasteiger partial charge in [0.2, 0.25) is 5.91 Å². The minimum Gasteiger partial charge on any atom is -0.497 e. The Bertz CT molecular complexity index is 1080. The number of amidine groups is 1. The number of carbonyl (C=O) groups excluding carboxylic acids is 2. The smallest absolute Gasteiger partial charge is 0.283 e. The molecule has 0 spiro atoms. The van der Waals surface area contributed by atoms with E-state index in [1.165, 1.54) is 16.7 Å². The lowest BCUT2D eigenvalue weighted by atomic mass is 10.2. The Kier molecular flexibility index (Phi) is 7.31. The van der Waals surface area contributed by atoms with Crippen LogP contribution in [0.5, 0.6) is 11.5 Å². The molecule has 0 saturated carbocycles. The Hall–Kier alpha value is -3.30. The largest absolute Gasteiger partial charge is 0.497 e. The number of anilines is 1. The zero-order chi connectivity index (χ0) is 23.2. The van der Waals surface area contributed by atoms with Crippen molar-refractivity contribution in [1.29, 1.82) is 0 Å². The van der Waals surface area contributed by atoms with Crippen molar-refractivity contribution in [3.63, 3.8) is 0 Å². The molecule has 172 valence electrons. The molecule has 2 aromatic rings. The average molecular weight is 468 g/mol. The van der Waals surface area contributed by atoms with Crippen molar-refractivity contribution in [2.24, 2.45) is 4.99 Å². The van der Waals surface area contributed by atoms with Crippen LogP contribution in [0, 0.1) is 0 Å². The first-order valence-electron chi connectivity index (χ1n) is 10.5. The van der Waals surface area contributed by atoms with E-state index in [1.54, 1.807) is 31.3 Å². The van der Waals surface area contributed by atoms with Crippen molar-refractivity contribution in [2.75, 3.05) is 51.2 Å². The van der Waals surface area contributed by atoms with Crippen LogP contribution in [-0.4, -0.2) is 68.2 Å². The van der Waals surface area contributed by atoms with Crippen molar-refractivity contribution in [2.45, 2.75) is 0 Å². The number of rotatable bonds is 6. The summed E-state index contributed by atoms with van der Waals surface area (Å²) in [5.74, 6) is 1.27. The molecule has 8 nitrogen and oxygen atoms in total. The van der Waals surface area contributed by atoms with Crippen molar-refractivity contribution in [3.8, 4) is 11.5 Å². The molecule has 9 heteroatoms. The number of morpholine rings is 1. The predicted octanol–water partition coefficient (Wildman–Crippen LogP) is 3.04. The number of methoxy groups -OCH3 is 2. The average Bonchev–Trinajstić information content (AvgIpc) is 3.18. The molecule has 0 bridgehead atoms. The summed E-state index contributed by atoms with van der Waals surface area (Å²) in [5, 5.41) is 0.453. The zero-order valence-electron chi connectivity index (χ0n) is 18.5. The molecule has 2 aliphatic rings. The summed E-state index contributed by atoms with van der Waals surface area (Å²) >= 11 is 1.25. The highest BCUT2D eigenvalue weighted by molar-refractivity contribution is 8.14. The Morgan fingerprint density at radius 3 is 2.52 bits per heavy atom. The van der Waals surface area contributed by atoms with E-state index >= 15 is 0 Å². The molecule has 0 radical (unpaired) electrons. The topological polar surface area (TPSA) is 80.7 Å². The third-order valence-electron chi connectivity index (χ3n) is 5.25. The van der Waals surface area contributed by atoms with Gasteiger partial charge in [-0.25, -0.2) is 4.99 Å². The molecule has 2 aromatic carbocycles. The summed E-state index contributed by atoms with van der Waals surface area (Å²) < 4.78 is 15.8. The highest BCUT2D eigenvalue weighted by Gasteiger charge is 2.33. The molecule has 0 atom stereocenters. The number of benzene rings is 2. The highest BCUT2D eigenvalue weighted by Crippen LogP contribution is 2.31. The summed E-state index contributed by atoms with van der Waals surface area (Å²) in [5.41, 5.74) is 1.75. The molecule has 2 amide bonds. The van der Waals surface area contributed by atoms with Crippen LogP contribution in [0.2, 0.25) is 0 Å². The number of nitrogens with zero attached hydrogens (tertiary/aromatic N) is 3. The summed E-state index contributed by atoms with van der Waals surface area (Å²) in [4.78, 5) is 33.9. The van der Waals surface area contributed by atoms with E-state index in [0.29, 0.717) is 48.6 Å². The number of thioether (sulfide) groups is 1. The maximum atomic E-state index is 13.3. The van der Waals surface area contributed by atoms with Crippen LogP contribution >= 0.6 is 11.8 Å². The molecular formula is C24H25N3O5S. The Morgan fingerprint density at radius 2 is 1.82 bits per heavy atom. The van der Waals surface area contributed by atoms with E-state index in [2.05, 4.69) is 4.99 Å². The van der Waals surface area contributed by atoms with Crippen molar-refractivity contribution in [1.82, 2.24) is 4.90 Å². The van der Waals surface area contributed by atoms with Crippen LogP contribution in [0.4, 0.5) is 5.69 Å². The van der Waals surface area contributed by atoms with E-state index in [9.17, 15) is 9.59 Å². The van der Waals surface area contributed by atoms with E-state index in [1.807, 2.05) is 42.5 Å². The van der Waals surface area contributed by atoms with Gasteiger partial charge >= 0.3 is 0 Å². The van der Waals surface area contributed by atoms with Crippen LogP contribution < -0.4 is 14.4 Å². The van der Waals surface area contributed by atoms with Crippen molar-refractivity contribution >= 4 is 40.5 Å². The molecule has 2 aliphatic heterocycles. The number of carbonyl (C=O) groups is 2. The second kappa shape index (κ2) is 10.5. The molecule has 0 aliphatic carbocycles. The van der Waals surface area contributed by atoms with Gasteiger partial charge in [-0.05, 0) is 35.9 Å². The van der Waals surface area contributed by atoms with E-state index in [-0.39, 0.29) is 17.6 Å². The van der Waals surface area contributed by atoms with Crippen LogP contribution in [0.1, 0.15) is 5.56 Å². The molecule has 2 heterocycles. The minimum absolute atomic E-state index is 0.00312. The first-order chi connectivity index (χ1) is 16.1. The molecule has 0 N–H and O–H groups in total. The van der Waals surface area contributed by atoms with Gasteiger partial charge in [0.15, 0.2) is 5.17 Å². The van der Waals surface area contributed by atoms with Crippen LogP contribution in [-0.2, 0) is 14.3 Å². The second-order valence-electron chi connectivity index (χ2n) is 7.32. The van der Waals surface area contributed by atoms with Crippen LogP contribution in [0.3, 0.4) is 0 Å². The fourth-order valence-corrected chi connectivity index (χ4v) is 4.37. The van der Waals surface area contributed by atoms with Crippen molar-refractivity contribution in [3.05, 3.63) is 59.8 Å². The van der Waals surface area contributed by atoms with Gasteiger partial charge in [0.25, 0.3) is 5.91 Å². The molecule has 1 fully saturated rings. The summed E-state index contributed by atoms with van der Waals surface area (Å²) in [7, 11) is 3.18. The molecule has 1 saturated heterocycles. The van der Waals surface area contributed by atoms with Gasteiger partial charge in [-0.1, -0.05) is 30.0 Å². The Balaban J connectivity index is 1.60. The SMILES string of the molecule is COc1ccc(C=C2N=C(SCC(=O)N3CCOCC3)N(c3cccc(OC)c3)C2=O)cc1. The number of amides is 2. The van der Waals surface area contributed by atoms with E-state index < -0.39 is 0 Å². The number of aliphatic imine (C=N–C) groups is 1. The number of ether oxygens (including phenoxy) is 3. The minimum atomic E-state index is -0.264. The van der Waals surface area contributed by atoms with Gasteiger partial charge in [-0.2, -0.15) is 0 Å². The Labute approximate surface area is 196 Å². The number of hydrogen-bond donors (Lipinski definition) is 0. The van der Waals surface area contributed by atoms with Crippen LogP contribution in [0.25, 0.3) is 6.08 Å². The third kappa shape index (κ3) is 5.37. The normalized spacial score (nSPS) is 17.3. The fraction of sp³-hybridized carbons (Fsp3) is 0.292. The first kappa shape index (κ1) is 22.9. The quantitative estimate of drug-likeness (QED) is 0.608. The fourth-order valence-electron chi connectivity index (χ4n) is 3.46. The number of hydrogen-bond acceptors (Lipinski definition) is 7. The monoisotopic (exact) mass is 467 g/mol. The van der Waals surface area contributed by atoms with E-state index in [0.717, 1.165) is 11.3 Å². The highest BCUT2D eigenvalue weighted by atomic mass is 32.2. The first-order valence-corrected chi connectivity index (χ1v) is 11.5. The summed E-state index contributed by atoms with van der Waals surface area (Å²) in [6.07, 6.45) is 1.73. The van der Waals surface area contributed by atoms with E-state index in [4.69, 9.17) is 14.2 Å². The predicted molar refractivity (Wildman–Crippen MR) is 129 cm³/mol.